The Hall–Kier alpha value is -1.37. The fraction of sp³-hybridized carbons (Fsp3) is 0.529. The molecule has 1 aromatic heterocycles. The third kappa shape index (κ3) is 6.63. The molecule has 24 heavy (non-hydrogen) atoms. The topological polar surface area (TPSA) is 62.6 Å². The van der Waals surface area contributed by atoms with E-state index < -0.39 is 0 Å². The van der Waals surface area contributed by atoms with Crippen LogP contribution >= 0.6 is 22.9 Å². The number of halogens is 1. The van der Waals surface area contributed by atoms with Crippen molar-refractivity contribution in [2.75, 3.05) is 13.1 Å². The molecule has 1 saturated carbocycles. The van der Waals surface area contributed by atoms with Crippen molar-refractivity contribution in [3.63, 3.8) is 0 Å². The van der Waals surface area contributed by atoms with Crippen LogP contribution in [0.3, 0.4) is 0 Å². The first-order valence-electron chi connectivity index (χ1n) is 8.36. The van der Waals surface area contributed by atoms with Gasteiger partial charge in [-0.15, -0.1) is 11.3 Å². The van der Waals surface area contributed by atoms with E-state index in [0.717, 1.165) is 39.8 Å². The average Bonchev–Trinajstić information content (AvgIpc) is 2.93. The number of carbonyl (C=O) groups is 2. The van der Waals surface area contributed by atoms with Gasteiger partial charge in [-0.05, 0) is 31.1 Å². The number of urea groups is 1. The van der Waals surface area contributed by atoms with Crippen LogP contribution in [0.1, 0.15) is 37.0 Å². The van der Waals surface area contributed by atoms with Gasteiger partial charge >= 0.3 is 6.03 Å². The lowest BCUT2D eigenvalue weighted by Gasteiger charge is -2.23. The van der Waals surface area contributed by atoms with Crippen molar-refractivity contribution in [2.45, 2.75) is 44.7 Å². The monoisotopic (exact) mass is 370 g/mol. The molecule has 7 heteroatoms. The molecule has 3 amide bonds. The fourth-order valence-electron chi connectivity index (χ4n) is 2.97. The zero-order valence-electron chi connectivity index (χ0n) is 13.8. The van der Waals surface area contributed by atoms with Gasteiger partial charge in [0.05, 0.1) is 15.8 Å². The summed E-state index contributed by atoms with van der Waals surface area (Å²) in [5, 5.41) is 5.33. The number of imide groups is 1. The lowest BCUT2D eigenvalue weighted by atomic mass is 9.96. The van der Waals surface area contributed by atoms with Crippen molar-refractivity contribution in [1.29, 1.82) is 0 Å². The summed E-state index contributed by atoms with van der Waals surface area (Å²) in [6.07, 6.45) is 7.27. The average molecular weight is 371 g/mol. The van der Waals surface area contributed by atoms with Gasteiger partial charge < -0.3 is 10.2 Å². The minimum atomic E-state index is -0.385. The second-order valence-corrected chi connectivity index (χ2v) is 7.96. The van der Waals surface area contributed by atoms with Crippen LogP contribution < -0.4 is 15.5 Å². The van der Waals surface area contributed by atoms with E-state index in [0.29, 0.717) is 13.1 Å². The minimum absolute atomic E-state index is 0.191. The molecule has 5 nitrogen and oxygen atoms in total. The van der Waals surface area contributed by atoms with Crippen molar-refractivity contribution in [1.82, 2.24) is 10.6 Å². The Morgan fingerprint density at radius 2 is 2.08 bits per heavy atom. The van der Waals surface area contributed by atoms with Gasteiger partial charge in [0.1, 0.15) is 6.54 Å². The SMILES string of the molecule is C=CC[NH+](CC(=O)NC(=O)NC1CCCCC1)Cc1ccc(Cl)s1. The first-order valence-corrected chi connectivity index (χ1v) is 9.55. The van der Waals surface area contributed by atoms with E-state index in [4.69, 9.17) is 11.6 Å². The maximum absolute atomic E-state index is 12.1. The van der Waals surface area contributed by atoms with Crippen molar-refractivity contribution in [3.05, 3.63) is 34.0 Å². The minimum Gasteiger partial charge on any atom is -0.335 e. The quantitative estimate of drug-likeness (QED) is 0.644. The van der Waals surface area contributed by atoms with Gasteiger partial charge in [-0.25, -0.2) is 4.79 Å². The molecular formula is C17H25ClN3O2S+. The Bertz CT molecular complexity index is 570. The van der Waals surface area contributed by atoms with Gasteiger partial charge in [0.2, 0.25) is 0 Å². The van der Waals surface area contributed by atoms with Crippen LogP contribution in [0.2, 0.25) is 4.34 Å². The zero-order chi connectivity index (χ0) is 17.4. The van der Waals surface area contributed by atoms with E-state index in [2.05, 4.69) is 17.2 Å². The van der Waals surface area contributed by atoms with Crippen LogP contribution in [0, 0.1) is 0 Å². The molecule has 1 atom stereocenters. The second kappa shape index (κ2) is 9.81. The number of quaternary nitrogens is 1. The summed E-state index contributed by atoms with van der Waals surface area (Å²) in [7, 11) is 0. The molecule has 132 valence electrons. The third-order valence-electron chi connectivity index (χ3n) is 4.09. The molecule has 1 unspecified atom stereocenters. The lowest BCUT2D eigenvalue weighted by molar-refractivity contribution is -0.899. The van der Waals surface area contributed by atoms with E-state index in [9.17, 15) is 9.59 Å². The molecule has 1 aliphatic carbocycles. The summed E-state index contributed by atoms with van der Waals surface area (Å²) in [4.78, 5) is 26.2. The van der Waals surface area contributed by atoms with Crippen LogP contribution in [0.15, 0.2) is 24.8 Å². The smallest absolute Gasteiger partial charge is 0.321 e. The summed E-state index contributed by atoms with van der Waals surface area (Å²) in [5.41, 5.74) is 0. The van der Waals surface area contributed by atoms with Crippen LogP contribution in [0.5, 0.6) is 0 Å². The highest BCUT2D eigenvalue weighted by Crippen LogP contribution is 2.20. The molecule has 1 aromatic rings. The molecule has 0 radical (unpaired) electrons. The Labute approximate surface area is 152 Å². The van der Waals surface area contributed by atoms with E-state index in [1.807, 2.05) is 12.1 Å². The number of rotatable bonds is 7. The van der Waals surface area contributed by atoms with Gasteiger partial charge in [-0.3, -0.25) is 10.1 Å². The summed E-state index contributed by atoms with van der Waals surface area (Å²) in [5.74, 6) is -0.275. The summed E-state index contributed by atoms with van der Waals surface area (Å²) >= 11 is 7.45. The predicted octanol–water partition coefficient (Wildman–Crippen LogP) is 2.13. The zero-order valence-corrected chi connectivity index (χ0v) is 15.3. The van der Waals surface area contributed by atoms with Gasteiger partial charge in [0.15, 0.2) is 6.54 Å². The third-order valence-corrected chi connectivity index (χ3v) is 5.32. The maximum Gasteiger partial charge on any atom is 0.321 e. The lowest BCUT2D eigenvalue weighted by Crippen LogP contribution is -3.11. The first-order chi connectivity index (χ1) is 11.6. The molecule has 3 N–H and O–H groups in total. The molecule has 0 spiro atoms. The van der Waals surface area contributed by atoms with E-state index in [1.54, 1.807) is 6.08 Å². The van der Waals surface area contributed by atoms with Crippen molar-refractivity contribution in [3.8, 4) is 0 Å². The molecule has 1 aliphatic rings. The highest BCUT2D eigenvalue weighted by atomic mass is 35.5. The molecule has 1 heterocycles. The first kappa shape index (κ1) is 19.0. The standard InChI is InChI=1S/C17H24ClN3O2S/c1-2-10-21(11-14-8-9-15(18)24-14)12-16(22)20-17(23)19-13-6-4-3-5-7-13/h2,8-9,13H,1,3-7,10-12H2,(H2,19,20,22,23)/p+1. The summed E-state index contributed by atoms with van der Waals surface area (Å²) in [6, 6.07) is 3.62. The highest BCUT2D eigenvalue weighted by Gasteiger charge is 2.19. The molecule has 0 bridgehead atoms. The second-order valence-electron chi connectivity index (χ2n) is 6.16. The molecular weight excluding hydrogens is 346 g/mol. The van der Waals surface area contributed by atoms with Gasteiger partial charge in [0.25, 0.3) is 5.91 Å². The maximum atomic E-state index is 12.1. The van der Waals surface area contributed by atoms with Crippen LogP contribution in [0.25, 0.3) is 0 Å². The Morgan fingerprint density at radius 1 is 1.33 bits per heavy atom. The largest absolute Gasteiger partial charge is 0.335 e. The molecule has 0 saturated heterocycles. The van der Waals surface area contributed by atoms with E-state index >= 15 is 0 Å². The fourth-order valence-corrected chi connectivity index (χ4v) is 4.13. The Balaban J connectivity index is 1.78. The van der Waals surface area contributed by atoms with Gasteiger partial charge in [-0.2, -0.15) is 0 Å². The van der Waals surface area contributed by atoms with E-state index in [1.165, 1.54) is 17.8 Å². The molecule has 2 rings (SSSR count). The number of hydrogen-bond acceptors (Lipinski definition) is 3. The number of carbonyl (C=O) groups excluding carboxylic acids is 2. The van der Waals surface area contributed by atoms with Gasteiger partial charge in [-0.1, -0.05) is 37.4 Å². The molecule has 0 aromatic carbocycles. The molecule has 0 aliphatic heterocycles. The van der Waals surface area contributed by atoms with Gasteiger partial charge in [0, 0.05) is 6.04 Å². The van der Waals surface area contributed by atoms with Crippen LogP contribution in [-0.2, 0) is 11.3 Å². The van der Waals surface area contributed by atoms with Crippen LogP contribution in [0.4, 0.5) is 4.79 Å². The summed E-state index contributed by atoms with van der Waals surface area (Å²) < 4.78 is 0.735. The summed E-state index contributed by atoms with van der Waals surface area (Å²) in [6.45, 7) is 5.29. The number of hydrogen-bond donors (Lipinski definition) is 3. The number of nitrogens with one attached hydrogen (secondary N) is 3. The number of amides is 3. The highest BCUT2D eigenvalue weighted by molar-refractivity contribution is 7.16. The van der Waals surface area contributed by atoms with E-state index in [-0.39, 0.29) is 24.5 Å². The van der Waals surface area contributed by atoms with Crippen molar-refractivity contribution >= 4 is 34.9 Å². The Kier molecular flexibility index (Phi) is 7.75. The normalized spacial score (nSPS) is 16.4. The predicted molar refractivity (Wildman–Crippen MR) is 97.5 cm³/mol. The van der Waals surface area contributed by atoms with Crippen molar-refractivity contribution < 1.29 is 14.5 Å². The molecule has 1 fully saturated rings. The number of thiophene rings is 1. The van der Waals surface area contributed by atoms with Crippen LogP contribution in [-0.4, -0.2) is 31.1 Å². The van der Waals surface area contributed by atoms with Crippen molar-refractivity contribution in [2.24, 2.45) is 0 Å². The Morgan fingerprint density at radius 3 is 2.71 bits per heavy atom.